The van der Waals surface area contributed by atoms with Gasteiger partial charge in [0.25, 0.3) is 0 Å². The summed E-state index contributed by atoms with van der Waals surface area (Å²) < 4.78 is 0. The Hall–Kier alpha value is -3.32. The van der Waals surface area contributed by atoms with E-state index in [2.05, 4.69) is 5.32 Å². The van der Waals surface area contributed by atoms with Crippen LogP contribution >= 0.6 is 0 Å². The zero-order valence-corrected chi connectivity index (χ0v) is 20.7. The molecular formula is C29H32N2O5. The Bertz CT molecular complexity index is 1220. The van der Waals surface area contributed by atoms with Crippen LogP contribution in [-0.2, 0) is 14.4 Å². The molecule has 36 heavy (non-hydrogen) atoms. The number of aryl methyl sites for hydroxylation is 1. The number of imide groups is 1. The first kappa shape index (κ1) is 24.4. The molecule has 2 N–H and O–H groups in total. The molecular weight excluding hydrogens is 456 g/mol. The van der Waals surface area contributed by atoms with Crippen LogP contribution < -0.4 is 10.2 Å². The zero-order valence-electron chi connectivity index (χ0n) is 20.7. The van der Waals surface area contributed by atoms with Gasteiger partial charge in [-0.1, -0.05) is 56.4 Å². The van der Waals surface area contributed by atoms with E-state index in [4.69, 9.17) is 0 Å². The molecule has 4 atom stereocenters. The average Bonchev–Trinajstić information content (AvgIpc) is 3.34. The van der Waals surface area contributed by atoms with Gasteiger partial charge >= 0.3 is 5.97 Å². The summed E-state index contributed by atoms with van der Waals surface area (Å²) in [6.45, 7) is 3.39. The Morgan fingerprint density at radius 1 is 1.00 bits per heavy atom. The third-order valence-electron chi connectivity index (χ3n) is 8.43. The zero-order chi connectivity index (χ0) is 25.6. The van der Waals surface area contributed by atoms with Crippen LogP contribution in [0.4, 0.5) is 5.69 Å². The molecule has 2 saturated heterocycles. The van der Waals surface area contributed by atoms with E-state index in [0.717, 1.165) is 48.1 Å². The summed E-state index contributed by atoms with van der Waals surface area (Å²) in [7, 11) is 0. The van der Waals surface area contributed by atoms with Crippen LogP contribution in [0.15, 0.2) is 48.5 Å². The first-order valence-electron chi connectivity index (χ1n) is 12.8. The van der Waals surface area contributed by atoms with Crippen molar-refractivity contribution in [2.75, 3.05) is 4.90 Å². The number of carboxylic acids is 1. The Morgan fingerprint density at radius 3 is 2.28 bits per heavy atom. The summed E-state index contributed by atoms with van der Waals surface area (Å²) in [6.07, 6.45) is 5.43. The molecule has 3 fully saturated rings. The first-order valence-corrected chi connectivity index (χ1v) is 12.8. The summed E-state index contributed by atoms with van der Waals surface area (Å²) >= 11 is 0. The molecule has 0 aromatic heterocycles. The standard InChI is InChI=1S/C29H32N2O5/c1-17-8-6-7-11-22(17)25-23-24(29(30-25,28(35)36)16-19-9-4-3-5-10-19)27(34)31(26(23)33)21-14-12-20(13-15-21)18(2)32/h6-8,11-15,19,23-25,30H,3-5,9-10,16H2,1-2H3,(H,35,36). The number of nitrogens with zero attached hydrogens (tertiary/aromatic N) is 1. The van der Waals surface area contributed by atoms with Gasteiger partial charge in [0.1, 0.15) is 5.54 Å². The summed E-state index contributed by atoms with van der Waals surface area (Å²) in [4.78, 5) is 53.8. The number of hydrogen-bond acceptors (Lipinski definition) is 5. The second-order valence-electron chi connectivity index (χ2n) is 10.6. The minimum absolute atomic E-state index is 0.112. The topological polar surface area (TPSA) is 104 Å². The van der Waals surface area contributed by atoms with E-state index in [9.17, 15) is 24.3 Å². The minimum Gasteiger partial charge on any atom is -0.480 e. The molecule has 5 rings (SSSR count). The highest BCUT2D eigenvalue weighted by Gasteiger charge is 2.69. The van der Waals surface area contributed by atoms with Gasteiger partial charge in [-0.15, -0.1) is 0 Å². The maximum absolute atomic E-state index is 14.0. The molecule has 2 aromatic carbocycles. The molecule has 0 radical (unpaired) electrons. The molecule has 2 amide bonds. The second kappa shape index (κ2) is 9.28. The summed E-state index contributed by atoms with van der Waals surface area (Å²) in [6, 6.07) is 13.4. The number of nitrogens with one attached hydrogen (secondary N) is 1. The predicted octanol–water partition coefficient (Wildman–Crippen LogP) is 4.44. The number of Topliss-reactive ketones (excluding diaryl/α,β-unsaturated/α-hetero) is 1. The largest absolute Gasteiger partial charge is 0.480 e. The van der Waals surface area contributed by atoms with E-state index in [1.54, 1.807) is 24.3 Å². The molecule has 0 spiro atoms. The number of fused-ring (bicyclic) bond motifs is 1. The fraction of sp³-hybridized carbons (Fsp3) is 0.448. The van der Waals surface area contributed by atoms with Gasteiger partial charge in [0, 0.05) is 11.6 Å². The summed E-state index contributed by atoms with van der Waals surface area (Å²) in [5, 5.41) is 14.0. The smallest absolute Gasteiger partial charge is 0.324 e. The van der Waals surface area contributed by atoms with E-state index in [1.807, 2.05) is 31.2 Å². The van der Waals surface area contributed by atoms with Crippen molar-refractivity contribution in [2.24, 2.45) is 17.8 Å². The van der Waals surface area contributed by atoms with Gasteiger partial charge < -0.3 is 5.11 Å². The van der Waals surface area contributed by atoms with Crippen LogP contribution in [0.2, 0.25) is 0 Å². The normalized spacial score (nSPS) is 28.4. The highest BCUT2D eigenvalue weighted by atomic mass is 16.4. The lowest BCUT2D eigenvalue weighted by Crippen LogP contribution is -2.57. The van der Waals surface area contributed by atoms with Gasteiger partial charge in [-0.25, -0.2) is 4.90 Å². The lowest BCUT2D eigenvalue weighted by Gasteiger charge is -2.35. The number of carboxylic acid groups (broad SMARTS) is 1. The number of rotatable bonds is 6. The molecule has 4 unspecified atom stereocenters. The van der Waals surface area contributed by atoms with Crippen LogP contribution in [-0.4, -0.2) is 34.2 Å². The van der Waals surface area contributed by atoms with Crippen molar-refractivity contribution in [2.45, 2.75) is 64.0 Å². The fourth-order valence-electron chi connectivity index (χ4n) is 6.62. The monoisotopic (exact) mass is 488 g/mol. The fourth-order valence-corrected chi connectivity index (χ4v) is 6.62. The number of carbonyl (C=O) groups is 4. The first-order chi connectivity index (χ1) is 17.2. The van der Waals surface area contributed by atoms with Gasteiger partial charge in [0.15, 0.2) is 5.78 Å². The number of amides is 2. The molecule has 7 heteroatoms. The van der Waals surface area contributed by atoms with Gasteiger partial charge in [0.05, 0.1) is 17.5 Å². The third kappa shape index (κ3) is 3.86. The lowest BCUT2D eigenvalue weighted by molar-refractivity contribution is -0.150. The van der Waals surface area contributed by atoms with Crippen LogP contribution in [0.1, 0.15) is 73.0 Å². The molecule has 1 saturated carbocycles. The van der Waals surface area contributed by atoms with Crippen molar-refractivity contribution in [3.63, 3.8) is 0 Å². The molecule has 7 nitrogen and oxygen atoms in total. The van der Waals surface area contributed by atoms with Crippen LogP contribution in [0, 0.1) is 24.7 Å². The maximum atomic E-state index is 14.0. The van der Waals surface area contributed by atoms with Gasteiger partial charge in [-0.05, 0) is 61.6 Å². The number of anilines is 1. The third-order valence-corrected chi connectivity index (χ3v) is 8.43. The molecule has 2 aliphatic heterocycles. The Kier molecular flexibility index (Phi) is 6.29. The molecule has 0 bridgehead atoms. The Labute approximate surface area is 210 Å². The highest BCUT2D eigenvalue weighted by Crippen LogP contribution is 2.53. The van der Waals surface area contributed by atoms with Gasteiger partial charge in [0.2, 0.25) is 11.8 Å². The SMILES string of the molecule is CC(=O)c1ccc(N2C(=O)C3C(c4ccccc4C)NC(CC4CCCCC4)(C(=O)O)C3C2=O)cc1. The van der Waals surface area contributed by atoms with Crippen LogP contribution in [0.3, 0.4) is 0 Å². The number of benzene rings is 2. The van der Waals surface area contributed by atoms with Crippen LogP contribution in [0.25, 0.3) is 0 Å². The maximum Gasteiger partial charge on any atom is 0.324 e. The summed E-state index contributed by atoms with van der Waals surface area (Å²) in [5.74, 6) is -3.72. The van der Waals surface area contributed by atoms with Crippen molar-refractivity contribution in [3.05, 3.63) is 65.2 Å². The number of aliphatic carboxylic acids is 1. The van der Waals surface area contributed by atoms with Gasteiger partial charge in [-0.2, -0.15) is 0 Å². The second-order valence-corrected chi connectivity index (χ2v) is 10.6. The van der Waals surface area contributed by atoms with Crippen molar-refractivity contribution < 1.29 is 24.3 Å². The quantitative estimate of drug-likeness (QED) is 0.460. The van der Waals surface area contributed by atoms with E-state index in [-0.39, 0.29) is 11.7 Å². The number of ketones is 1. The molecule has 3 aliphatic rings. The van der Waals surface area contributed by atoms with Crippen molar-refractivity contribution in [1.29, 1.82) is 0 Å². The molecule has 188 valence electrons. The number of carbonyl (C=O) groups excluding carboxylic acids is 3. The van der Waals surface area contributed by atoms with Crippen molar-refractivity contribution >= 4 is 29.3 Å². The van der Waals surface area contributed by atoms with E-state index in [1.165, 1.54) is 6.92 Å². The summed E-state index contributed by atoms with van der Waals surface area (Å²) in [5.41, 5.74) is 1.10. The Balaban J connectivity index is 1.61. The molecule has 2 heterocycles. The highest BCUT2D eigenvalue weighted by molar-refractivity contribution is 6.24. The van der Waals surface area contributed by atoms with Crippen LogP contribution in [0.5, 0.6) is 0 Å². The van der Waals surface area contributed by atoms with E-state index >= 15 is 0 Å². The molecule has 2 aromatic rings. The average molecular weight is 489 g/mol. The van der Waals surface area contributed by atoms with Crippen molar-refractivity contribution in [3.8, 4) is 0 Å². The predicted molar refractivity (Wildman–Crippen MR) is 135 cm³/mol. The molecule has 1 aliphatic carbocycles. The van der Waals surface area contributed by atoms with Gasteiger partial charge in [-0.3, -0.25) is 24.5 Å². The minimum atomic E-state index is -1.53. The van der Waals surface area contributed by atoms with E-state index < -0.39 is 41.2 Å². The lowest BCUT2D eigenvalue weighted by atomic mass is 9.72. The Morgan fingerprint density at radius 2 is 1.67 bits per heavy atom. The number of hydrogen-bond donors (Lipinski definition) is 2. The van der Waals surface area contributed by atoms with E-state index in [0.29, 0.717) is 17.7 Å². The van der Waals surface area contributed by atoms with Crippen molar-refractivity contribution in [1.82, 2.24) is 5.32 Å².